The van der Waals surface area contributed by atoms with Crippen LogP contribution in [0.2, 0.25) is 0 Å². The average Bonchev–Trinajstić information content (AvgIpc) is 2.43. The van der Waals surface area contributed by atoms with Crippen molar-refractivity contribution >= 4 is 5.97 Å². The highest BCUT2D eigenvalue weighted by Gasteiger charge is 2.30. The molecule has 1 atom stereocenters. The molecule has 1 aliphatic heterocycles. The van der Waals surface area contributed by atoms with Crippen molar-refractivity contribution in [2.24, 2.45) is 5.92 Å². The molecule has 4 heteroatoms. The Labute approximate surface area is 130 Å². The van der Waals surface area contributed by atoms with Crippen LogP contribution in [-0.2, 0) is 9.53 Å². The van der Waals surface area contributed by atoms with Crippen LogP contribution in [0.5, 0.6) is 0 Å². The van der Waals surface area contributed by atoms with Crippen molar-refractivity contribution in [1.82, 2.24) is 10.2 Å². The van der Waals surface area contributed by atoms with Gasteiger partial charge in [-0.3, -0.25) is 9.69 Å². The van der Waals surface area contributed by atoms with Crippen LogP contribution in [0.25, 0.3) is 0 Å². The summed E-state index contributed by atoms with van der Waals surface area (Å²) in [6, 6.07) is -0.0357. The number of likely N-dealkylation sites (tertiary alicyclic amines) is 1. The Morgan fingerprint density at radius 3 is 2.38 bits per heavy atom. The van der Waals surface area contributed by atoms with E-state index in [0.717, 1.165) is 38.4 Å². The Kier molecular flexibility index (Phi) is 7.67. The number of rotatable bonds is 7. The number of nitrogens with one attached hydrogen (secondary N) is 1. The molecule has 0 aliphatic carbocycles. The Morgan fingerprint density at radius 1 is 1.29 bits per heavy atom. The molecule has 1 rings (SSSR count). The van der Waals surface area contributed by atoms with Crippen LogP contribution in [0.1, 0.15) is 60.3 Å². The smallest absolute Gasteiger partial charge is 0.323 e. The van der Waals surface area contributed by atoms with Gasteiger partial charge in [-0.25, -0.2) is 0 Å². The summed E-state index contributed by atoms with van der Waals surface area (Å²) in [5.41, 5.74) is 0.187. The molecule has 0 amide bonds. The fourth-order valence-corrected chi connectivity index (χ4v) is 2.88. The highest BCUT2D eigenvalue weighted by molar-refractivity contribution is 5.75. The van der Waals surface area contributed by atoms with E-state index < -0.39 is 0 Å². The molecule has 1 N–H and O–H groups in total. The van der Waals surface area contributed by atoms with Gasteiger partial charge in [0, 0.05) is 5.54 Å². The third kappa shape index (κ3) is 6.79. The summed E-state index contributed by atoms with van der Waals surface area (Å²) in [5.74, 6) is 0.690. The van der Waals surface area contributed by atoms with E-state index in [-0.39, 0.29) is 17.6 Å². The van der Waals surface area contributed by atoms with Gasteiger partial charge < -0.3 is 10.1 Å². The predicted molar refractivity (Wildman–Crippen MR) is 87.4 cm³/mol. The lowest BCUT2D eigenvalue weighted by molar-refractivity contribution is -0.150. The van der Waals surface area contributed by atoms with Crippen LogP contribution in [0.4, 0.5) is 0 Å². The van der Waals surface area contributed by atoms with E-state index in [1.54, 1.807) is 0 Å². The number of carbonyl (C=O) groups is 1. The number of piperidine rings is 1. The van der Waals surface area contributed by atoms with E-state index in [9.17, 15) is 4.79 Å². The van der Waals surface area contributed by atoms with E-state index in [1.807, 2.05) is 6.92 Å². The number of nitrogens with zero attached hydrogens (tertiary/aromatic N) is 1. The molecular formula is C17H34N2O2. The number of hydrogen-bond acceptors (Lipinski definition) is 4. The van der Waals surface area contributed by atoms with Gasteiger partial charge in [-0.15, -0.1) is 0 Å². The molecule has 1 saturated heterocycles. The molecule has 0 aromatic heterocycles. The molecule has 0 aromatic carbocycles. The molecule has 0 radical (unpaired) electrons. The van der Waals surface area contributed by atoms with Gasteiger partial charge >= 0.3 is 5.97 Å². The first-order chi connectivity index (χ1) is 9.87. The molecule has 4 nitrogen and oxygen atoms in total. The zero-order valence-electron chi connectivity index (χ0n) is 14.6. The lowest BCUT2D eigenvalue weighted by Crippen LogP contribution is -2.48. The van der Waals surface area contributed by atoms with Gasteiger partial charge in [-0.05, 0) is 72.5 Å². The molecule has 21 heavy (non-hydrogen) atoms. The third-order valence-corrected chi connectivity index (χ3v) is 4.13. The molecule has 0 bridgehead atoms. The molecule has 1 aliphatic rings. The second kappa shape index (κ2) is 8.74. The van der Waals surface area contributed by atoms with Crippen molar-refractivity contribution in [2.45, 2.75) is 71.9 Å². The van der Waals surface area contributed by atoms with Crippen LogP contribution in [0, 0.1) is 5.92 Å². The van der Waals surface area contributed by atoms with E-state index in [1.165, 1.54) is 12.8 Å². The number of ether oxygens (including phenoxy) is 1. The van der Waals surface area contributed by atoms with Crippen LogP contribution in [0.3, 0.4) is 0 Å². The minimum absolute atomic E-state index is 0.0357. The quantitative estimate of drug-likeness (QED) is 0.734. The SMILES string of the molecule is CCCC(C(=O)OCC)N1CCC(CNC(C)(C)C)CC1. The van der Waals surface area contributed by atoms with E-state index in [0.29, 0.717) is 6.61 Å². The summed E-state index contributed by atoms with van der Waals surface area (Å²) in [7, 11) is 0. The maximum atomic E-state index is 12.1. The average molecular weight is 298 g/mol. The van der Waals surface area contributed by atoms with Gasteiger partial charge in [0.05, 0.1) is 6.61 Å². The van der Waals surface area contributed by atoms with E-state index >= 15 is 0 Å². The first-order valence-corrected chi connectivity index (χ1v) is 8.53. The summed E-state index contributed by atoms with van der Waals surface area (Å²) < 4.78 is 5.24. The second-order valence-corrected chi connectivity index (χ2v) is 7.17. The Morgan fingerprint density at radius 2 is 1.90 bits per heavy atom. The monoisotopic (exact) mass is 298 g/mol. The fourth-order valence-electron chi connectivity index (χ4n) is 2.88. The molecule has 1 fully saturated rings. The highest BCUT2D eigenvalue weighted by Crippen LogP contribution is 2.21. The molecule has 1 unspecified atom stereocenters. The van der Waals surface area contributed by atoms with Crippen LogP contribution >= 0.6 is 0 Å². The van der Waals surface area contributed by atoms with Crippen molar-refractivity contribution in [2.75, 3.05) is 26.2 Å². The summed E-state index contributed by atoms with van der Waals surface area (Å²) in [5, 5.41) is 3.59. The van der Waals surface area contributed by atoms with E-state index in [2.05, 4.69) is 37.9 Å². The maximum absolute atomic E-state index is 12.1. The van der Waals surface area contributed by atoms with E-state index in [4.69, 9.17) is 4.74 Å². The summed E-state index contributed by atoms with van der Waals surface area (Å²) in [6.45, 7) is 14.2. The molecule has 0 spiro atoms. The molecule has 124 valence electrons. The molecule has 1 heterocycles. The minimum Gasteiger partial charge on any atom is -0.465 e. The predicted octanol–water partition coefficient (Wildman–Crippen LogP) is 2.82. The number of carbonyl (C=O) groups excluding carboxylic acids is 1. The lowest BCUT2D eigenvalue weighted by atomic mass is 9.94. The second-order valence-electron chi connectivity index (χ2n) is 7.17. The largest absolute Gasteiger partial charge is 0.465 e. The van der Waals surface area contributed by atoms with Gasteiger partial charge in [0.2, 0.25) is 0 Å². The summed E-state index contributed by atoms with van der Waals surface area (Å²) >= 11 is 0. The summed E-state index contributed by atoms with van der Waals surface area (Å²) in [6.07, 6.45) is 4.27. The van der Waals surface area contributed by atoms with Gasteiger partial charge in [0.25, 0.3) is 0 Å². The molecular weight excluding hydrogens is 264 g/mol. The molecule has 0 aromatic rings. The Hall–Kier alpha value is -0.610. The summed E-state index contributed by atoms with van der Waals surface area (Å²) in [4.78, 5) is 14.4. The van der Waals surface area contributed by atoms with Crippen LogP contribution in [-0.4, -0.2) is 48.7 Å². The topological polar surface area (TPSA) is 41.6 Å². The lowest BCUT2D eigenvalue weighted by Gasteiger charge is -2.37. The van der Waals surface area contributed by atoms with Crippen molar-refractivity contribution in [1.29, 1.82) is 0 Å². The van der Waals surface area contributed by atoms with Crippen molar-refractivity contribution < 1.29 is 9.53 Å². The van der Waals surface area contributed by atoms with Crippen LogP contribution < -0.4 is 5.32 Å². The first-order valence-electron chi connectivity index (χ1n) is 8.53. The molecule has 0 saturated carbocycles. The van der Waals surface area contributed by atoms with Gasteiger partial charge in [0.15, 0.2) is 0 Å². The van der Waals surface area contributed by atoms with Crippen molar-refractivity contribution in [3.63, 3.8) is 0 Å². The zero-order valence-corrected chi connectivity index (χ0v) is 14.6. The maximum Gasteiger partial charge on any atom is 0.323 e. The Bertz CT molecular complexity index is 304. The fraction of sp³-hybridized carbons (Fsp3) is 0.941. The highest BCUT2D eigenvalue weighted by atomic mass is 16.5. The zero-order chi connectivity index (χ0) is 15.9. The Balaban J connectivity index is 2.43. The van der Waals surface area contributed by atoms with Crippen molar-refractivity contribution in [3.05, 3.63) is 0 Å². The minimum atomic E-state index is -0.0365. The normalized spacial score (nSPS) is 19.5. The van der Waals surface area contributed by atoms with Gasteiger partial charge in [0.1, 0.15) is 6.04 Å². The third-order valence-electron chi connectivity index (χ3n) is 4.13. The number of esters is 1. The van der Waals surface area contributed by atoms with Gasteiger partial charge in [-0.2, -0.15) is 0 Å². The van der Waals surface area contributed by atoms with Crippen molar-refractivity contribution in [3.8, 4) is 0 Å². The first kappa shape index (κ1) is 18.4. The van der Waals surface area contributed by atoms with Crippen LogP contribution in [0.15, 0.2) is 0 Å². The van der Waals surface area contributed by atoms with Gasteiger partial charge in [-0.1, -0.05) is 13.3 Å². The standard InChI is InChI=1S/C17H34N2O2/c1-6-8-15(16(20)21-7-2)19-11-9-14(10-12-19)13-18-17(3,4)5/h14-15,18H,6-13H2,1-5H3. The number of hydrogen-bond donors (Lipinski definition) is 1.